The van der Waals surface area contributed by atoms with Gasteiger partial charge in [-0.05, 0) is 43.1 Å². The van der Waals surface area contributed by atoms with Crippen LogP contribution in [-0.4, -0.2) is 29.4 Å². The lowest BCUT2D eigenvalue weighted by Gasteiger charge is -2.14. The maximum atomic E-state index is 12.8. The summed E-state index contributed by atoms with van der Waals surface area (Å²) >= 11 is 1.16. The molecule has 1 heterocycles. The molecule has 2 aromatic rings. The molecule has 6 nitrogen and oxygen atoms in total. The highest BCUT2D eigenvalue weighted by Gasteiger charge is 2.24. The van der Waals surface area contributed by atoms with E-state index in [0.29, 0.717) is 16.3 Å². The van der Waals surface area contributed by atoms with Crippen molar-refractivity contribution in [1.82, 2.24) is 9.69 Å². The van der Waals surface area contributed by atoms with Crippen LogP contribution in [0.2, 0.25) is 0 Å². The van der Waals surface area contributed by atoms with E-state index in [1.807, 2.05) is 0 Å². The Hall–Kier alpha value is -2.48. The number of amides is 1. The molecule has 1 aromatic heterocycles. The van der Waals surface area contributed by atoms with Crippen LogP contribution in [0.15, 0.2) is 24.3 Å². The smallest absolute Gasteiger partial charge is 0.343 e. The van der Waals surface area contributed by atoms with Gasteiger partial charge in [-0.1, -0.05) is 12.1 Å². The molecule has 24 heavy (non-hydrogen) atoms. The molecule has 1 atom stereocenters. The van der Waals surface area contributed by atoms with E-state index in [1.54, 1.807) is 26.1 Å². The summed E-state index contributed by atoms with van der Waals surface area (Å²) in [6.45, 7) is 3.42. The molecular formula is C16H18FN3O3S. The molecule has 2 rings (SSSR count). The second kappa shape index (κ2) is 7.87. The second-order valence-corrected chi connectivity index (χ2v) is 5.89. The third-order valence-corrected chi connectivity index (χ3v) is 4.28. The number of carbonyl (C=O) groups is 2. The minimum Gasteiger partial charge on any atom is -0.449 e. The normalized spacial score (nSPS) is 11.7. The summed E-state index contributed by atoms with van der Waals surface area (Å²) in [5, 5.41) is 6.11. The van der Waals surface area contributed by atoms with Crippen molar-refractivity contribution in [2.45, 2.75) is 26.5 Å². The number of aromatic nitrogens is 1. The van der Waals surface area contributed by atoms with Crippen LogP contribution in [0, 0.1) is 12.7 Å². The number of anilines is 1. The van der Waals surface area contributed by atoms with Gasteiger partial charge in [-0.2, -0.15) is 4.37 Å². The van der Waals surface area contributed by atoms with Crippen LogP contribution in [0.25, 0.3) is 0 Å². The largest absolute Gasteiger partial charge is 0.449 e. The summed E-state index contributed by atoms with van der Waals surface area (Å²) in [6, 6.07) is 5.78. The summed E-state index contributed by atoms with van der Waals surface area (Å²) in [6.07, 6.45) is -0.957. The van der Waals surface area contributed by atoms with Crippen molar-refractivity contribution < 1.29 is 18.7 Å². The minimum absolute atomic E-state index is 0.224. The highest BCUT2D eigenvalue weighted by Crippen LogP contribution is 2.25. The summed E-state index contributed by atoms with van der Waals surface area (Å²) < 4.78 is 22.1. The number of nitrogens with zero attached hydrogens (tertiary/aromatic N) is 1. The zero-order valence-corrected chi connectivity index (χ0v) is 14.4. The summed E-state index contributed by atoms with van der Waals surface area (Å²) in [4.78, 5) is 24.3. The van der Waals surface area contributed by atoms with E-state index in [-0.39, 0.29) is 12.4 Å². The van der Waals surface area contributed by atoms with Crippen LogP contribution in [0.1, 0.15) is 28.5 Å². The zero-order chi connectivity index (χ0) is 17.7. The highest BCUT2D eigenvalue weighted by molar-refractivity contribution is 7.10. The minimum atomic E-state index is -0.957. The van der Waals surface area contributed by atoms with Crippen molar-refractivity contribution >= 4 is 28.4 Å². The molecule has 0 aliphatic carbocycles. The maximum Gasteiger partial charge on any atom is 0.343 e. The third-order valence-electron chi connectivity index (χ3n) is 3.33. The van der Waals surface area contributed by atoms with Gasteiger partial charge in [0.05, 0.1) is 5.69 Å². The molecular weight excluding hydrogens is 333 g/mol. The fraction of sp³-hybridized carbons (Fsp3) is 0.312. The Labute approximate surface area is 143 Å². The number of ether oxygens (including phenoxy) is 1. The maximum absolute atomic E-state index is 12.8. The number of hydrogen-bond acceptors (Lipinski definition) is 6. The van der Waals surface area contributed by atoms with Crippen molar-refractivity contribution in [2.24, 2.45) is 0 Å². The number of rotatable bonds is 6. The van der Waals surface area contributed by atoms with E-state index in [0.717, 1.165) is 17.1 Å². The zero-order valence-electron chi connectivity index (χ0n) is 13.6. The first-order valence-corrected chi connectivity index (χ1v) is 8.07. The molecule has 0 unspecified atom stereocenters. The molecule has 0 spiro atoms. The summed E-state index contributed by atoms with van der Waals surface area (Å²) in [7, 11) is 1.68. The number of esters is 1. The van der Waals surface area contributed by atoms with Crippen molar-refractivity contribution in [3.63, 3.8) is 0 Å². The van der Waals surface area contributed by atoms with E-state index in [1.165, 1.54) is 19.1 Å². The molecule has 0 aliphatic heterocycles. The quantitative estimate of drug-likeness (QED) is 0.782. The monoisotopic (exact) mass is 351 g/mol. The summed E-state index contributed by atoms with van der Waals surface area (Å²) in [5.41, 5.74) is 1.63. The van der Waals surface area contributed by atoms with E-state index in [2.05, 4.69) is 15.0 Å². The van der Waals surface area contributed by atoms with Crippen molar-refractivity contribution in [1.29, 1.82) is 0 Å². The number of hydrogen-bond donors (Lipinski definition) is 2. The van der Waals surface area contributed by atoms with Gasteiger partial charge in [0, 0.05) is 13.6 Å². The Morgan fingerprint density at radius 3 is 2.62 bits per heavy atom. The van der Waals surface area contributed by atoms with Gasteiger partial charge in [-0.3, -0.25) is 4.79 Å². The first-order chi connectivity index (χ1) is 11.4. The molecule has 128 valence electrons. The predicted octanol–water partition coefficient (Wildman–Crippen LogP) is 2.49. The van der Waals surface area contributed by atoms with Gasteiger partial charge in [-0.15, -0.1) is 0 Å². The Bertz CT molecular complexity index is 731. The molecule has 0 fully saturated rings. The van der Waals surface area contributed by atoms with Gasteiger partial charge in [-0.25, -0.2) is 9.18 Å². The number of halogens is 1. The molecule has 1 amide bonds. The molecule has 0 radical (unpaired) electrons. The average molecular weight is 351 g/mol. The van der Waals surface area contributed by atoms with Gasteiger partial charge in [0.2, 0.25) is 0 Å². The van der Waals surface area contributed by atoms with Crippen molar-refractivity contribution in [2.75, 3.05) is 12.4 Å². The number of nitrogens with one attached hydrogen (secondary N) is 2. The average Bonchev–Trinajstić information content (AvgIpc) is 2.94. The Morgan fingerprint density at radius 2 is 2.00 bits per heavy atom. The first-order valence-electron chi connectivity index (χ1n) is 7.29. The van der Waals surface area contributed by atoms with Crippen LogP contribution < -0.4 is 10.6 Å². The highest BCUT2D eigenvalue weighted by atomic mass is 32.1. The Balaban J connectivity index is 1.92. The molecule has 2 N–H and O–H groups in total. The fourth-order valence-corrected chi connectivity index (χ4v) is 2.72. The Morgan fingerprint density at radius 1 is 1.33 bits per heavy atom. The van der Waals surface area contributed by atoms with Crippen LogP contribution in [-0.2, 0) is 16.1 Å². The number of benzene rings is 1. The van der Waals surface area contributed by atoms with Crippen LogP contribution in [0.5, 0.6) is 0 Å². The van der Waals surface area contributed by atoms with Gasteiger partial charge in [0.25, 0.3) is 5.91 Å². The van der Waals surface area contributed by atoms with Crippen LogP contribution >= 0.6 is 11.5 Å². The van der Waals surface area contributed by atoms with E-state index >= 15 is 0 Å². The standard InChI is InChI=1S/C16H18FN3O3S/c1-9-13(15(18-3)24-20-9)16(22)23-10(2)14(21)19-8-11-4-6-12(17)7-5-11/h4-7,10,18H,8H2,1-3H3,(H,19,21)/t10-/m0/s1. The lowest BCUT2D eigenvalue weighted by atomic mass is 10.2. The molecule has 0 saturated carbocycles. The molecule has 8 heteroatoms. The molecule has 0 saturated heterocycles. The predicted molar refractivity (Wildman–Crippen MR) is 89.5 cm³/mol. The topological polar surface area (TPSA) is 80.3 Å². The molecule has 0 aliphatic rings. The molecule has 1 aromatic carbocycles. The van der Waals surface area contributed by atoms with Gasteiger partial charge >= 0.3 is 5.97 Å². The first kappa shape index (κ1) is 17.9. The summed E-state index contributed by atoms with van der Waals surface area (Å²) in [5.74, 6) is -1.37. The van der Waals surface area contributed by atoms with Crippen LogP contribution in [0.3, 0.4) is 0 Å². The second-order valence-electron chi connectivity index (χ2n) is 5.11. The lowest BCUT2D eigenvalue weighted by Crippen LogP contribution is -2.35. The molecule has 0 bridgehead atoms. The SMILES string of the molecule is CNc1snc(C)c1C(=O)O[C@@H](C)C(=O)NCc1ccc(F)cc1. The number of carbonyl (C=O) groups excluding carboxylic acids is 2. The van der Waals surface area contributed by atoms with Gasteiger partial charge in [0.1, 0.15) is 16.4 Å². The lowest BCUT2D eigenvalue weighted by molar-refractivity contribution is -0.129. The van der Waals surface area contributed by atoms with E-state index < -0.39 is 18.0 Å². The van der Waals surface area contributed by atoms with Gasteiger partial charge in [0.15, 0.2) is 6.10 Å². The van der Waals surface area contributed by atoms with Gasteiger partial charge < -0.3 is 15.4 Å². The number of aryl methyl sites for hydroxylation is 1. The van der Waals surface area contributed by atoms with Crippen molar-refractivity contribution in [3.05, 3.63) is 46.9 Å². The third kappa shape index (κ3) is 4.29. The van der Waals surface area contributed by atoms with Crippen LogP contribution in [0.4, 0.5) is 9.39 Å². The fourth-order valence-electron chi connectivity index (χ4n) is 1.99. The Kier molecular flexibility index (Phi) is 5.86. The van der Waals surface area contributed by atoms with E-state index in [4.69, 9.17) is 4.74 Å². The van der Waals surface area contributed by atoms with Crippen molar-refractivity contribution in [3.8, 4) is 0 Å². The van der Waals surface area contributed by atoms with E-state index in [9.17, 15) is 14.0 Å².